The lowest BCUT2D eigenvalue weighted by Crippen LogP contribution is -2.13. The van der Waals surface area contributed by atoms with Crippen molar-refractivity contribution in [1.29, 1.82) is 0 Å². The molecule has 0 radical (unpaired) electrons. The van der Waals surface area contributed by atoms with Crippen LogP contribution in [0.25, 0.3) is 0 Å². The number of aromatic nitrogens is 2. The normalized spacial score (nSPS) is 18.9. The van der Waals surface area contributed by atoms with Crippen LogP contribution in [0.1, 0.15) is 36.2 Å². The van der Waals surface area contributed by atoms with Gasteiger partial charge in [-0.3, -0.25) is 0 Å². The van der Waals surface area contributed by atoms with E-state index < -0.39 is 0 Å². The molecule has 6 heteroatoms. The molecule has 1 aromatic heterocycles. The molecule has 2 aromatic rings. The summed E-state index contributed by atoms with van der Waals surface area (Å²) >= 11 is 5.97. The zero-order chi connectivity index (χ0) is 13.2. The van der Waals surface area contributed by atoms with Crippen LogP contribution in [0.4, 0.5) is 4.39 Å². The highest BCUT2D eigenvalue weighted by Gasteiger charge is 2.22. The highest BCUT2D eigenvalue weighted by Crippen LogP contribution is 2.23. The Bertz CT molecular complexity index is 581. The maximum absolute atomic E-state index is 13.0. The molecule has 3 rings (SSSR count). The van der Waals surface area contributed by atoms with Gasteiger partial charge in [0.1, 0.15) is 5.82 Å². The fourth-order valence-electron chi connectivity index (χ4n) is 2.21. The molecule has 19 heavy (non-hydrogen) atoms. The second-order valence-corrected chi connectivity index (χ2v) is 5.02. The summed E-state index contributed by atoms with van der Waals surface area (Å²) in [6.07, 6.45) is 2.57. The number of nitrogens with zero attached hydrogens (tertiary/aromatic N) is 2. The van der Waals surface area contributed by atoms with Gasteiger partial charge in [0.25, 0.3) is 0 Å². The van der Waals surface area contributed by atoms with Gasteiger partial charge < -0.3 is 9.84 Å². The summed E-state index contributed by atoms with van der Waals surface area (Å²) in [5, 5.41) is 7.62. The zero-order valence-electron chi connectivity index (χ0n) is 10.2. The summed E-state index contributed by atoms with van der Waals surface area (Å²) in [6, 6.07) is 4.46. The van der Waals surface area contributed by atoms with Crippen LogP contribution < -0.4 is 5.32 Å². The fraction of sp³-hybridized carbons (Fsp3) is 0.385. The van der Waals surface area contributed by atoms with Gasteiger partial charge in [-0.05, 0) is 37.1 Å². The van der Waals surface area contributed by atoms with Crippen molar-refractivity contribution in [1.82, 2.24) is 15.5 Å². The molecule has 4 nitrogen and oxygen atoms in total. The Morgan fingerprint density at radius 3 is 3.11 bits per heavy atom. The quantitative estimate of drug-likeness (QED) is 0.940. The zero-order valence-corrected chi connectivity index (χ0v) is 11.0. The maximum Gasteiger partial charge on any atom is 0.243 e. The van der Waals surface area contributed by atoms with Gasteiger partial charge in [0, 0.05) is 11.4 Å². The first-order valence-electron chi connectivity index (χ1n) is 6.22. The molecular weight excluding hydrogens is 269 g/mol. The Labute approximate surface area is 115 Å². The van der Waals surface area contributed by atoms with Crippen molar-refractivity contribution >= 4 is 11.6 Å². The fourth-order valence-corrected chi connectivity index (χ4v) is 2.45. The van der Waals surface area contributed by atoms with Gasteiger partial charge >= 0.3 is 0 Å². The summed E-state index contributed by atoms with van der Waals surface area (Å²) in [5.41, 5.74) is 0.787. The highest BCUT2D eigenvalue weighted by molar-refractivity contribution is 6.31. The van der Waals surface area contributed by atoms with Crippen LogP contribution >= 0.6 is 11.6 Å². The van der Waals surface area contributed by atoms with Gasteiger partial charge in [-0.2, -0.15) is 4.98 Å². The van der Waals surface area contributed by atoms with Crippen LogP contribution in [0, 0.1) is 5.82 Å². The smallest absolute Gasteiger partial charge is 0.243 e. The summed E-state index contributed by atoms with van der Waals surface area (Å²) < 4.78 is 18.2. The van der Waals surface area contributed by atoms with E-state index in [1.54, 1.807) is 6.07 Å². The second-order valence-electron chi connectivity index (χ2n) is 4.61. The van der Waals surface area contributed by atoms with E-state index in [1.165, 1.54) is 12.1 Å². The molecule has 100 valence electrons. The minimum Gasteiger partial charge on any atom is -0.338 e. The Balaban J connectivity index is 1.76. The summed E-state index contributed by atoms with van der Waals surface area (Å²) in [6.45, 7) is 0.978. The van der Waals surface area contributed by atoms with Crippen molar-refractivity contribution in [2.24, 2.45) is 0 Å². The van der Waals surface area contributed by atoms with Crippen molar-refractivity contribution in [2.75, 3.05) is 6.54 Å². The van der Waals surface area contributed by atoms with Gasteiger partial charge in [-0.1, -0.05) is 22.8 Å². The van der Waals surface area contributed by atoms with Crippen molar-refractivity contribution in [3.05, 3.63) is 46.3 Å². The van der Waals surface area contributed by atoms with Gasteiger partial charge in [0.05, 0.1) is 6.04 Å². The third-order valence-electron chi connectivity index (χ3n) is 3.21. The van der Waals surface area contributed by atoms with Crippen LogP contribution in [-0.4, -0.2) is 16.7 Å². The predicted octanol–water partition coefficient (Wildman–Crippen LogP) is 2.88. The van der Waals surface area contributed by atoms with Crippen LogP contribution in [0.5, 0.6) is 0 Å². The van der Waals surface area contributed by atoms with Crippen LogP contribution in [0.15, 0.2) is 22.7 Å². The van der Waals surface area contributed by atoms with Crippen molar-refractivity contribution in [2.45, 2.75) is 25.3 Å². The van der Waals surface area contributed by atoms with E-state index in [1.807, 2.05) is 0 Å². The Morgan fingerprint density at radius 2 is 2.37 bits per heavy atom. The van der Waals surface area contributed by atoms with Crippen molar-refractivity contribution in [3.63, 3.8) is 0 Å². The number of halogens is 2. The molecule has 1 atom stereocenters. The summed E-state index contributed by atoms with van der Waals surface area (Å²) in [7, 11) is 0. The number of nitrogens with one attached hydrogen (secondary N) is 1. The largest absolute Gasteiger partial charge is 0.338 e. The Kier molecular flexibility index (Phi) is 3.48. The lowest BCUT2D eigenvalue weighted by Gasteiger charge is -2.02. The number of hydrogen-bond acceptors (Lipinski definition) is 4. The van der Waals surface area contributed by atoms with Crippen molar-refractivity contribution in [3.8, 4) is 0 Å². The molecule has 0 amide bonds. The topological polar surface area (TPSA) is 51.0 Å². The highest BCUT2D eigenvalue weighted by atomic mass is 35.5. The first-order valence-corrected chi connectivity index (χ1v) is 6.60. The molecule has 1 unspecified atom stereocenters. The average Bonchev–Trinajstić information content (AvgIpc) is 3.03. The summed E-state index contributed by atoms with van der Waals surface area (Å²) in [5.74, 6) is 0.834. The first-order chi connectivity index (χ1) is 9.22. The van der Waals surface area contributed by atoms with Crippen LogP contribution in [0.2, 0.25) is 5.02 Å². The van der Waals surface area contributed by atoms with Gasteiger partial charge in [0.2, 0.25) is 5.89 Å². The van der Waals surface area contributed by atoms with Gasteiger partial charge in [0.15, 0.2) is 5.82 Å². The molecule has 0 saturated carbocycles. The van der Waals surface area contributed by atoms with Gasteiger partial charge in [-0.25, -0.2) is 4.39 Å². The van der Waals surface area contributed by atoms with E-state index in [-0.39, 0.29) is 11.9 Å². The molecule has 0 bridgehead atoms. The minimum absolute atomic E-state index is 0.157. The third kappa shape index (κ3) is 2.77. The molecule has 1 aromatic carbocycles. The number of hydrogen-bond donors (Lipinski definition) is 1. The third-order valence-corrected chi connectivity index (χ3v) is 3.56. The maximum atomic E-state index is 13.0. The SMILES string of the molecule is Fc1ccc(Cc2noc(C3CCCN3)n2)c(Cl)c1. The average molecular weight is 282 g/mol. The molecule has 1 saturated heterocycles. The molecular formula is C13H13ClFN3O. The molecule has 0 spiro atoms. The Hall–Kier alpha value is -1.46. The summed E-state index contributed by atoms with van der Waals surface area (Å²) in [4.78, 5) is 4.36. The van der Waals surface area contributed by atoms with E-state index in [2.05, 4.69) is 15.5 Å². The number of benzene rings is 1. The second kappa shape index (κ2) is 5.27. The lowest BCUT2D eigenvalue weighted by atomic mass is 10.1. The lowest BCUT2D eigenvalue weighted by molar-refractivity contribution is 0.341. The molecule has 0 aliphatic carbocycles. The number of rotatable bonds is 3. The van der Waals surface area contributed by atoms with E-state index in [9.17, 15) is 4.39 Å². The predicted molar refractivity (Wildman–Crippen MR) is 68.5 cm³/mol. The van der Waals surface area contributed by atoms with Crippen molar-refractivity contribution < 1.29 is 8.91 Å². The van der Waals surface area contributed by atoms with E-state index in [0.29, 0.717) is 23.2 Å². The molecule has 1 aliphatic rings. The molecule has 1 aliphatic heterocycles. The molecule has 1 fully saturated rings. The Morgan fingerprint density at radius 1 is 1.47 bits per heavy atom. The van der Waals surface area contributed by atoms with Crippen LogP contribution in [-0.2, 0) is 6.42 Å². The van der Waals surface area contributed by atoms with Gasteiger partial charge in [-0.15, -0.1) is 0 Å². The molecule has 1 N–H and O–H groups in total. The monoisotopic (exact) mass is 281 g/mol. The van der Waals surface area contributed by atoms with E-state index >= 15 is 0 Å². The molecule has 2 heterocycles. The van der Waals surface area contributed by atoms with E-state index in [4.69, 9.17) is 16.1 Å². The van der Waals surface area contributed by atoms with E-state index in [0.717, 1.165) is 24.9 Å². The first kappa shape index (κ1) is 12.6. The minimum atomic E-state index is -0.349. The standard InChI is InChI=1S/C13H13ClFN3O/c14-10-7-9(15)4-3-8(10)6-12-17-13(19-18-12)11-2-1-5-16-11/h3-4,7,11,16H,1-2,5-6H2. The van der Waals surface area contributed by atoms with Crippen LogP contribution in [0.3, 0.4) is 0 Å².